The van der Waals surface area contributed by atoms with Crippen LogP contribution in [0.2, 0.25) is 0 Å². The lowest BCUT2D eigenvalue weighted by Gasteiger charge is -2.08. The molecule has 0 aliphatic heterocycles. The Morgan fingerprint density at radius 2 is 2.05 bits per heavy atom. The van der Waals surface area contributed by atoms with Crippen molar-refractivity contribution >= 4 is 5.97 Å². The standard InChI is InChI=1S/C15H16N2O2/c1-3-6-13-12(15(18)19)9-16-14(17-13)11-8-5-4-7-10(11)2/h4-5,7-9H,3,6H2,1-2H3,(H,18,19). The van der Waals surface area contributed by atoms with Gasteiger partial charge in [0.2, 0.25) is 0 Å². The van der Waals surface area contributed by atoms with Crippen LogP contribution in [0.3, 0.4) is 0 Å². The molecule has 19 heavy (non-hydrogen) atoms. The van der Waals surface area contributed by atoms with Gasteiger partial charge in [-0.05, 0) is 18.9 Å². The molecule has 0 aliphatic rings. The minimum Gasteiger partial charge on any atom is -0.478 e. The molecule has 0 radical (unpaired) electrons. The maximum atomic E-state index is 11.1. The van der Waals surface area contributed by atoms with Gasteiger partial charge in [0.05, 0.1) is 11.3 Å². The van der Waals surface area contributed by atoms with E-state index in [1.165, 1.54) is 6.20 Å². The van der Waals surface area contributed by atoms with E-state index >= 15 is 0 Å². The molecule has 0 saturated carbocycles. The van der Waals surface area contributed by atoms with Gasteiger partial charge >= 0.3 is 5.97 Å². The molecule has 4 heteroatoms. The van der Waals surface area contributed by atoms with E-state index < -0.39 is 5.97 Å². The Morgan fingerprint density at radius 1 is 1.32 bits per heavy atom. The van der Waals surface area contributed by atoms with Crippen molar-refractivity contribution < 1.29 is 9.90 Å². The summed E-state index contributed by atoms with van der Waals surface area (Å²) >= 11 is 0. The second-order valence-corrected chi connectivity index (χ2v) is 4.42. The highest BCUT2D eigenvalue weighted by molar-refractivity contribution is 5.88. The number of carboxylic acids is 1. The van der Waals surface area contributed by atoms with Gasteiger partial charge in [-0.3, -0.25) is 0 Å². The minimum atomic E-state index is -0.972. The number of carboxylic acid groups (broad SMARTS) is 1. The molecule has 1 aromatic heterocycles. The summed E-state index contributed by atoms with van der Waals surface area (Å²) in [6, 6.07) is 7.82. The molecule has 1 N–H and O–H groups in total. The molecular weight excluding hydrogens is 240 g/mol. The minimum absolute atomic E-state index is 0.194. The zero-order valence-electron chi connectivity index (χ0n) is 11.1. The van der Waals surface area contributed by atoms with E-state index in [4.69, 9.17) is 5.11 Å². The van der Waals surface area contributed by atoms with Crippen molar-refractivity contribution in [2.45, 2.75) is 26.7 Å². The summed E-state index contributed by atoms with van der Waals surface area (Å²) in [5.74, 6) is -0.383. The Kier molecular flexibility index (Phi) is 3.90. The zero-order valence-corrected chi connectivity index (χ0v) is 11.1. The van der Waals surface area contributed by atoms with E-state index in [9.17, 15) is 4.79 Å². The lowest BCUT2D eigenvalue weighted by Crippen LogP contribution is -2.07. The van der Waals surface area contributed by atoms with Gasteiger partial charge in [-0.25, -0.2) is 14.8 Å². The third-order valence-corrected chi connectivity index (χ3v) is 2.97. The van der Waals surface area contributed by atoms with Gasteiger partial charge in [-0.2, -0.15) is 0 Å². The number of aromatic nitrogens is 2. The molecule has 0 bridgehead atoms. The van der Waals surface area contributed by atoms with E-state index in [0.717, 1.165) is 17.5 Å². The van der Waals surface area contributed by atoms with E-state index in [2.05, 4.69) is 9.97 Å². The third-order valence-electron chi connectivity index (χ3n) is 2.97. The molecule has 2 aromatic rings. The first-order chi connectivity index (χ1) is 9.13. The normalized spacial score (nSPS) is 10.4. The molecule has 98 valence electrons. The summed E-state index contributed by atoms with van der Waals surface area (Å²) in [6.45, 7) is 3.99. The van der Waals surface area contributed by atoms with Crippen LogP contribution in [0.4, 0.5) is 0 Å². The highest BCUT2D eigenvalue weighted by Crippen LogP contribution is 2.20. The zero-order chi connectivity index (χ0) is 13.8. The van der Waals surface area contributed by atoms with Crippen molar-refractivity contribution in [1.82, 2.24) is 9.97 Å². The predicted octanol–water partition coefficient (Wildman–Crippen LogP) is 3.10. The van der Waals surface area contributed by atoms with Crippen molar-refractivity contribution in [3.05, 3.63) is 47.3 Å². The van der Waals surface area contributed by atoms with Crippen molar-refractivity contribution in [2.75, 3.05) is 0 Å². The summed E-state index contributed by atoms with van der Waals surface area (Å²) in [5.41, 5.74) is 2.81. The van der Waals surface area contributed by atoms with E-state index in [1.807, 2.05) is 38.1 Å². The molecule has 0 spiro atoms. The Morgan fingerprint density at radius 3 is 2.68 bits per heavy atom. The second-order valence-electron chi connectivity index (χ2n) is 4.42. The molecule has 1 heterocycles. The lowest BCUT2D eigenvalue weighted by molar-refractivity contribution is 0.0694. The average molecular weight is 256 g/mol. The molecule has 0 fully saturated rings. The number of rotatable bonds is 4. The maximum absolute atomic E-state index is 11.1. The Labute approximate surface area is 112 Å². The number of carbonyl (C=O) groups is 1. The summed E-state index contributed by atoms with van der Waals surface area (Å²) in [7, 11) is 0. The summed E-state index contributed by atoms with van der Waals surface area (Å²) < 4.78 is 0. The monoisotopic (exact) mass is 256 g/mol. The Balaban J connectivity index is 2.52. The van der Waals surface area contributed by atoms with Gasteiger partial charge in [-0.15, -0.1) is 0 Å². The Bertz CT molecular complexity index is 609. The average Bonchev–Trinajstić information content (AvgIpc) is 2.39. The number of aromatic carboxylic acids is 1. The molecule has 0 unspecified atom stereocenters. The quantitative estimate of drug-likeness (QED) is 0.913. The van der Waals surface area contributed by atoms with E-state index in [-0.39, 0.29) is 5.56 Å². The van der Waals surface area contributed by atoms with Crippen LogP contribution in [0.25, 0.3) is 11.4 Å². The molecule has 0 amide bonds. The Hall–Kier alpha value is -2.23. The van der Waals surface area contributed by atoms with E-state index in [0.29, 0.717) is 17.9 Å². The van der Waals surface area contributed by atoms with Gasteiger partial charge in [-0.1, -0.05) is 37.6 Å². The van der Waals surface area contributed by atoms with Gasteiger partial charge in [0.25, 0.3) is 0 Å². The topological polar surface area (TPSA) is 63.1 Å². The van der Waals surface area contributed by atoms with Crippen LogP contribution in [0.15, 0.2) is 30.5 Å². The van der Waals surface area contributed by atoms with Crippen LogP contribution in [0, 0.1) is 6.92 Å². The second kappa shape index (κ2) is 5.61. The van der Waals surface area contributed by atoms with E-state index in [1.54, 1.807) is 0 Å². The fourth-order valence-corrected chi connectivity index (χ4v) is 1.98. The SMILES string of the molecule is CCCc1nc(-c2ccccc2C)ncc1C(=O)O. The van der Waals surface area contributed by atoms with Gasteiger partial charge in [0.1, 0.15) is 0 Å². The predicted molar refractivity (Wildman–Crippen MR) is 73.2 cm³/mol. The van der Waals surface area contributed by atoms with Crippen molar-refractivity contribution in [1.29, 1.82) is 0 Å². The molecule has 0 aliphatic carbocycles. The summed E-state index contributed by atoms with van der Waals surface area (Å²) in [4.78, 5) is 19.7. The van der Waals surface area contributed by atoms with Crippen LogP contribution in [0.1, 0.15) is 35.0 Å². The smallest absolute Gasteiger partial charge is 0.339 e. The molecular formula is C15H16N2O2. The molecule has 4 nitrogen and oxygen atoms in total. The highest BCUT2D eigenvalue weighted by atomic mass is 16.4. The largest absolute Gasteiger partial charge is 0.478 e. The first-order valence-electron chi connectivity index (χ1n) is 6.28. The maximum Gasteiger partial charge on any atom is 0.339 e. The number of nitrogens with zero attached hydrogens (tertiary/aromatic N) is 2. The van der Waals surface area contributed by atoms with Crippen molar-refractivity contribution in [3.63, 3.8) is 0 Å². The van der Waals surface area contributed by atoms with Crippen LogP contribution >= 0.6 is 0 Å². The number of hydrogen-bond acceptors (Lipinski definition) is 3. The molecule has 0 atom stereocenters. The third kappa shape index (κ3) is 2.78. The first kappa shape index (κ1) is 13.2. The van der Waals surface area contributed by atoms with Crippen LogP contribution in [-0.4, -0.2) is 21.0 Å². The molecule has 2 rings (SSSR count). The summed E-state index contributed by atoms with van der Waals surface area (Å²) in [6.07, 6.45) is 2.90. The van der Waals surface area contributed by atoms with Gasteiger partial charge < -0.3 is 5.11 Å². The fourth-order valence-electron chi connectivity index (χ4n) is 1.98. The highest BCUT2D eigenvalue weighted by Gasteiger charge is 2.14. The van der Waals surface area contributed by atoms with Crippen LogP contribution < -0.4 is 0 Å². The lowest BCUT2D eigenvalue weighted by atomic mass is 10.1. The molecule has 0 saturated heterocycles. The van der Waals surface area contributed by atoms with Crippen LogP contribution in [-0.2, 0) is 6.42 Å². The van der Waals surface area contributed by atoms with Crippen LogP contribution in [0.5, 0.6) is 0 Å². The summed E-state index contributed by atoms with van der Waals surface area (Å²) in [5, 5.41) is 9.13. The molecule has 1 aromatic carbocycles. The number of hydrogen-bond donors (Lipinski definition) is 1. The van der Waals surface area contributed by atoms with Crippen molar-refractivity contribution in [3.8, 4) is 11.4 Å². The first-order valence-corrected chi connectivity index (χ1v) is 6.28. The van der Waals surface area contributed by atoms with Gasteiger partial charge in [0, 0.05) is 11.8 Å². The number of benzene rings is 1. The number of aryl methyl sites for hydroxylation is 2. The van der Waals surface area contributed by atoms with Crippen molar-refractivity contribution in [2.24, 2.45) is 0 Å². The fraction of sp³-hybridized carbons (Fsp3) is 0.267. The van der Waals surface area contributed by atoms with Gasteiger partial charge in [0.15, 0.2) is 5.82 Å².